The second kappa shape index (κ2) is 3.42. The van der Waals surface area contributed by atoms with Gasteiger partial charge in [0.1, 0.15) is 5.75 Å². The summed E-state index contributed by atoms with van der Waals surface area (Å²) in [5.74, 6) is 0.231. The van der Waals surface area contributed by atoms with Gasteiger partial charge in [0, 0.05) is 21.9 Å². The maximum absolute atomic E-state index is 11.4. The van der Waals surface area contributed by atoms with Crippen molar-refractivity contribution in [3.63, 3.8) is 0 Å². The predicted octanol–water partition coefficient (Wildman–Crippen LogP) is 2.28. The molecule has 2 rings (SSSR count). The molecule has 0 aliphatic heterocycles. The second-order valence-electron chi connectivity index (χ2n) is 3.08. The maximum Gasteiger partial charge on any atom is 0.123 e. The van der Waals surface area contributed by atoms with E-state index in [9.17, 15) is 9.32 Å². The van der Waals surface area contributed by atoms with Gasteiger partial charge in [-0.3, -0.25) is 4.21 Å². The lowest BCUT2D eigenvalue weighted by Gasteiger charge is -2.04. The maximum atomic E-state index is 11.4. The SMILES string of the molecule is CS(=O)c1ccc(O)c2ccccc12. The zero-order chi connectivity index (χ0) is 10.1. The quantitative estimate of drug-likeness (QED) is 0.777. The molecule has 1 unspecified atom stereocenters. The molecule has 0 bridgehead atoms. The fraction of sp³-hybridized carbons (Fsp3) is 0.0909. The van der Waals surface area contributed by atoms with E-state index in [0.717, 1.165) is 15.7 Å². The first-order valence-corrected chi connectivity index (χ1v) is 5.80. The van der Waals surface area contributed by atoms with Crippen LogP contribution in [0.1, 0.15) is 0 Å². The van der Waals surface area contributed by atoms with Crippen LogP contribution in [0.3, 0.4) is 0 Å². The van der Waals surface area contributed by atoms with E-state index in [-0.39, 0.29) is 5.75 Å². The Morgan fingerprint density at radius 1 is 1.07 bits per heavy atom. The van der Waals surface area contributed by atoms with Gasteiger partial charge in [0.2, 0.25) is 0 Å². The van der Waals surface area contributed by atoms with Gasteiger partial charge >= 0.3 is 0 Å². The first-order valence-electron chi connectivity index (χ1n) is 4.24. The first-order chi connectivity index (χ1) is 6.70. The van der Waals surface area contributed by atoms with E-state index in [4.69, 9.17) is 0 Å². The fourth-order valence-corrected chi connectivity index (χ4v) is 2.25. The predicted molar refractivity (Wildman–Crippen MR) is 57.9 cm³/mol. The third kappa shape index (κ3) is 1.40. The van der Waals surface area contributed by atoms with Gasteiger partial charge in [0.15, 0.2) is 0 Å². The summed E-state index contributed by atoms with van der Waals surface area (Å²) in [5.41, 5.74) is 0. The molecule has 0 heterocycles. The van der Waals surface area contributed by atoms with Crippen molar-refractivity contribution in [1.29, 1.82) is 0 Å². The summed E-state index contributed by atoms with van der Waals surface area (Å²) >= 11 is 0. The van der Waals surface area contributed by atoms with Crippen molar-refractivity contribution in [2.45, 2.75) is 4.90 Å². The molecule has 2 nitrogen and oxygen atoms in total. The van der Waals surface area contributed by atoms with Gasteiger partial charge in [-0.2, -0.15) is 0 Å². The number of hydrogen-bond acceptors (Lipinski definition) is 2. The lowest BCUT2D eigenvalue weighted by molar-refractivity contribution is 0.481. The molecule has 72 valence electrons. The largest absolute Gasteiger partial charge is 0.507 e. The van der Waals surface area contributed by atoms with Crippen LogP contribution >= 0.6 is 0 Å². The van der Waals surface area contributed by atoms with Crippen LogP contribution in [-0.4, -0.2) is 15.6 Å². The molecule has 1 atom stereocenters. The summed E-state index contributed by atoms with van der Waals surface area (Å²) in [6.07, 6.45) is 1.64. The highest BCUT2D eigenvalue weighted by atomic mass is 32.2. The van der Waals surface area contributed by atoms with Crippen molar-refractivity contribution < 1.29 is 9.32 Å². The Kier molecular flexibility index (Phi) is 2.25. The van der Waals surface area contributed by atoms with Gasteiger partial charge in [0.05, 0.1) is 10.8 Å². The van der Waals surface area contributed by atoms with Gasteiger partial charge in [-0.05, 0) is 12.1 Å². The highest BCUT2D eigenvalue weighted by molar-refractivity contribution is 7.84. The number of fused-ring (bicyclic) bond motifs is 1. The van der Waals surface area contributed by atoms with Gasteiger partial charge in [-0.25, -0.2) is 0 Å². The zero-order valence-electron chi connectivity index (χ0n) is 7.73. The summed E-state index contributed by atoms with van der Waals surface area (Å²) in [7, 11) is -1.02. The molecule has 2 aromatic rings. The number of phenolic OH excluding ortho intramolecular Hbond substituents is 1. The Labute approximate surface area is 84.6 Å². The second-order valence-corrected chi connectivity index (χ2v) is 4.43. The van der Waals surface area contributed by atoms with Crippen molar-refractivity contribution in [3.05, 3.63) is 36.4 Å². The van der Waals surface area contributed by atoms with Crippen LogP contribution in [0.5, 0.6) is 5.75 Å². The molecular weight excluding hydrogens is 196 g/mol. The van der Waals surface area contributed by atoms with Crippen molar-refractivity contribution in [3.8, 4) is 5.75 Å². The van der Waals surface area contributed by atoms with Gasteiger partial charge in [-0.1, -0.05) is 24.3 Å². The minimum atomic E-state index is -1.02. The highest BCUT2D eigenvalue weighted by Crippen LogP contribution is 2.28. The Hall–Kier alpha value is -1.35. The normalized spacial score (nSPS) is 12.9. The van der Waals surface area contributed by atoms with E-state index in [2.05, 4.69) is 0 Å². The van der Waals surface area contributed by atoms with E-state index in [0.29, 0.717) is 0 Å². The molecule has 0 radical (unpaired) electrons. The number of phenols is 1. The lowest BCUT2D eigenvalue weighted by Crippen LogP contribution is -1.88. The molecule has 0 aliphatic carbocycles. The summed E-state index contributed by atoms with van der Waals surface area (Å²) in [4.78, 5) is 0.762. The summed E-state index contributed by atoms with van der Waals surface area (Å²) in [5, 5.41) is 11.2. The van der Waals surface area contributed by atoms with E-state index in [1.165, 1.54) is 0 Å². The van der Waals surface area contributed by atoms with E-state index >= 15 is 0 Å². The number of rotatable bonds is 1. The van der Waals surface area contributed by atoms with Gasteiger partial charge in [-0.15, -0.1) is 0 Å². The molecule has 0 saturated carbocycles. The molecule has 0 saturated heterocycles. The Balaban J connectivity index is 2.88. The lowest BCUT2D eigenvalue weighted by atomic mass is 10.1. The van der Waals surface area contributed by atoms with Crippen LogP contribution in [0, 0.1) is 0 Å². The van der Waals surface area contributed by atoms with Crippen LogP contribution in [-0.2, 0) is 10.8 Å². The van der Waals surface area contributed by atoms with E-state index < -0.39 is 10.8 Å². The molecule has 3 heteroatoms. The van der Waals surface area contributed by atoms with Crippen LogP contribution in [0.15, 0.2) is 41.3 Å². The molecule has 0 amide bonds. The molecule has 2 aromatic carbocycles. The number of hydrogen-bond donors (Lipinski definition) is 1. The zero-order valence-corrected chi connectivity index (χ0v) is 8.54. The number of aromatic hydroxyl groups is 1. The topological polar surface area (TPSA) is 37.3 Å². The Bertz CT molecular complexity index is 506. The standard InChI is InChI=1S/C11H10O2S/c1-14(13)11-7-6-10(12)8-4-2-3-5-9(8)11/h2-7,12H,1H3. The molecule has 0 spiro atoms. The average molecular weight is 206 g/mol. The Morgan fingerprint density at radius 3 is 2.36 bits per heavy atom. The molecule has 0 fully saturated rings. The fourth-order valence-electron chi connectivity index (χ4n) is 1.51. The molecular formula is C11H10O2S. The van der Waals surface area contributed by atoms with Crippen LogP contribution < -0.4 is 0 Å². The third-order valence-electron chi connectivity index (χ3n) is 2.17. The smallest absolute Gasteiger partial charge is 0.123 e. The first kappa shape index (κ1) is 9.21. The summed E-state index contributed by atoms with van der Waals surface area (Å²) < 4.78 is 11.4. The third-order valence-corrected chi connectivity index (χ3v) is 3.15. The average Bonchev–Trinajstić information content (AvgIpc) is 2.18. The highest BCUT2D eigenvalue weighted by Gasteiger charge is 2.06. The Morgan fingerprint density at radius 2 is 1.71 bits per heavy atom. The van der Waals surface area contributed by atoms with Crippen LogP contribution in [0.4, 0.5) is 0 Å². The minimum Gasteiger partial charge on any atom is -0.507 e. The molecule has 1 N–H and O–H groups in total. The summed E-state index contributed by atoms with van der Waals surface area (Å²) in [6.45, 7) is 0. The van der Waals surface area contributed by atoms with E-state index in [1.807, 2.05) is 24.3 Å². The van der Waals surface area contributed by atoms with Crippen LogP contribution in [0.2, 0.25) is 0 Å². The van der Waals surface area contributed by atoms with Crippen LogP contribution in [0.25, 0.3) is 10.8 Å². The minimum absolute atomic E-state index is 0.231. The van der Waals surface area contributed by atoms with E-state index in [1.54, 1.807) is 18.4 Å². The summed E-state index contributed by atoms with van der Waals surface area (Å²) in [6, 6.07) is 10.7. The number of benzene rings is 2. The van der Waals surface area contributed by atoms with Gasteiger partial charge in [0.25, 0.3) is 0 Å². The molecule has 0 aliphatic rings. The van der Waals surface area contributed by atoms with Crippen molar-refractivity contribution in [2.75, 3.05) is 6.26 Å². The van der Waals surface area contributed by atoms with Crippen molar-refractivity contribution in [2.24, 2.45) is 0 Å². The molecule has 0 aromatic heterocycles. The molecule has 14 heavy (non-hydrogen) atoms. The van der Waals surface area contributed by atoms with Crippen molar-refractivity contribution in [1.82, 2.24) is 0 Å². The van der Waals surface area contributed by atoms with Gasteiger partial charge < -0.3 is 5.11 Å². The monoisotopic (exact) mass is 206 g/mol. The van der Waals surface area contributed by atoms with Crippen molar-refractivity contribution >= 4 is 21.6 Å².